The average Bonchev–Trinajstić information content (AvgIpc) is 2.83. The van der Waals surface area contributed by atoms with Gasteiger partial charge in [-0.25, -0.2) is 4.79 Å². The zero-order valence-corrected chi connectivity index (χ0v) is 12.6. The first-order chi connectivity index (χ1) is 9.34. The standard InChI is InChI=1S/C16H23NO3/c1-16(2,3)13-9-10-17(15(18)19)14(13)11-5-7-12(20-4)8-6-11/h5-8,13-14H,9-10H2,1-4H3,(H,18,19). The third-order valence-corrected chi connectivity index (χ3v) is 4.21. The van der Waals surface area contributed by atoms with Crippen molar-refractivity contribution in [2.75, 3.05) is 13.7 Å². The van der Waals surface area contributed by atoms with E-state index >= 15 is 0 Å². The highest BCUT2D eigenvalue weighted by molar-refractivity contribution is 5.66. The van der Waals surface area contributed by atoms with Gasteiger partial charge in [0, 0.05) is 6.54 Å². The van der Waals surface area contributed by atoms with Crippen LogP contribution in [-0.2, 0) is 0 Å². The van der Waals surface area contributed by atoms with Crippen molar-refractivity contribution in [2.45, 2.75) is 33.2 Å². The Labute approximate surface area is 120 Å². The summed E-state index contributed by atoms with van der Waals surface area (Å²) in [5, 5.41) is 9.43. The minimum absolute atomic E-state index is 0.0709. The molecule has 0 saturated carbocycles. The minimum atomic E-state index is -0.836. The van der Waals surface area contributed by atoms with Crippen LogP contribution in [0.5, 0.6) is 5.75 Å². The summed E-state index contributed by atoms with van der Waals surface area (Å²) in [7, 11) is 1.63. The minimum Gasteiger partial charge on any atom is -0.497 e. The van der Waals surface area contributed by atoms with Gasteiger partial charge in [0.15, 0.2) is 0 Å². The number of likely N-dealkylation sites (tertiary alicyclic amines) is 1. The van der Waals surface area contributed by atoms with Crippen molar-refractivity contribution in [3.8, 4) is 5.75 Å². The summed E-state index contributed by atoms with van der Waals surface area (Å²) < 4.78 is 5.17. The summed E-state index contributed by atoms with van der Waals surface area (Å²) in [4.78, 5) is 13.0. The maximum Gasteiger partial charge on any atom is 0.407 e. The Hall–Kier alpha value is -1.71. The molecule has 1 heterocycles. The van der Waals surface area contributed by atoms with Crippen LogP contribution in [0.15, 0.2) is 24.3 Å². The van der Waals surface area contributed by atoms with E-state index in [-0.39, 0.29) is 11.5 Å². The first kappa shape index (κ1) is 14.7. The van der Waals surface area contributed by atoms with Crippen molar-refractivity contribution in [3.05, 3.63) is 29.8 Å². The molecule has 2 atom stereocenters. The van der Waals surface area contributed by atoms with E-state index in [4.69, 9.17) is 4.74 Å². The van der Waals surface area contributed by atoms with E-state index in [2.05, 4.69) is 20.8 Å². The van der Waals surface area contributed by atoms with Crippen LogP contribution in [0.4, 0.5) is 4.79 Å². The maximum absolute atomic E-state index is 11.5. The molecule has 0 radical (unpaired) electrons. The van der Waals surface area contributed by atoms with Crippen molar-refractivity contribution in [1.82, 2.24) is 4.90 Å². The predicted octanol–water partition coefficient (Wildman–Crippen LogP) is 3.78. The molecule has 1 N–H and O–H groups in total. The van der Waals surface area contributed by atoms with Gasteiger partial charge >= 0.3 is 6.09 Å². The lowest BCUT2D eigenvalue weighted by atomic mass is 9.74. The Morgan fingerprint density at radius 1 is 1.30 bits per heavy atom. The predicted molar refractivity (Wildman–Crippen MR) is 78.0 cm³/mol. The number of carboxylic acid groups (broad SMARTS) is 1. The molecule has 0 spiro atoms. The van der Waals surface area contributed by atoms with E-state index in [1.807, 2.05) is 24.3 Å². The van der Waals surface area contributed by atoms with E-state index in [0.717, 1.165) is 17.7 Å². The van der Waals surface area contributed by atoms with Crippen LogP contribution in [0.1, 0.15) is 38.8 Å². The fourth-order valence-corrected chi connectivity index (χ4v) is 3.13. The van der Waals surface area contributed by atoms with E-state index in [0.29, 0.717) is 12.5 Å². The summed E-state index contributed by atoms with van der Waals surface area (Å²) >= 11 is 0. The lowest BCUT2D eigenvalue weighted by molar-refractivity contribution is 0.117. The lowest BCUT2D eigenvalue weighted by Gasteiger charge is -2.34. The molecule has 4 heteroatoms. The Morgan fingerprint density at radius 2 is 1.90 bits per heavy atom. The van der Waals surface area contributed by atoms with Crippen molar-refractivity contribution in [1.29, 1.82) is 0 Å². The van der Waals surface area contributed by atoms with E-state index in [1.54, 1.807) is 12.0 Å². The quantitative estimate of drug-likeness (QED) is 0.895. The fraction of sp³-hybridized carbons (Fsp3) is 0.562. The topological polar surface area (TPSA) is 49.8 Å². The molecule has 1 aliphatic heterocycles. The molecule has 20 heavy (non-hydrogen) atoms. The number of benzene rings is 1. The van der Waals surface area contributed by atoms with Gasteiger partial charge in [0.25, 0.3) is 0 Å². The number of rotatable bonds is 2. The Kier molecular flexibility index (Phi) is 3.93. The van der Waals surface area contributed by atoms with Crippen LogP contribution in [0.3, 0.4) is 0 Å². The van der Waals surface area contributed by atoms with Crippen molar-refractivity contribution < 1.29 is 14.6 Å². The van der Waals surface area contributed by atoms with Crippen LogP contribution in [0.25, 0.3) is 0 Å². The van der Waals surface area contributed by atoms with Crippen LogP contribution >= 0.6 is 0 Å². The molecule has 1 saturated heterocycles. The number of methoxy groups -OCH3 is 1. The highest BCUT2D eigenvalue weighted by Gasteiger charge is 2.43. The van der Waals surface area contributed by atoms with Crippen LogP contribution in [-0.4, -0.2) is 29.8 Å². The largest absolute Gasteiger partial charge is 0.497 e. The van der Waals surface area contributed by atoms with Crippen LogP contribution in [0, 0.1) is 11.3 Å². The smallest absolute Gasteiger partial charge is 0.407 e. The SMILES string of the molecule is COc1ccc(C2C(C(C)(C)C)CCN2C(=O)O)cc1. The monoisotopic (exact) mass is 277 g/mol. The summed E-state index contributed by atoms with van der Waals surface area (Å²) in [6.07, 6.45) is 0.0736. The molecule has 1 amide bonds. The molecule has 0 aliphatic carbocycles. The molecule has 110 valence electrons. The van der Waals surface area contributed by atoms with Gasteiger partial charge in [-0.3, -0.25) is 0 Å². The Balaban J connectivity index is 2.36. The second kappa shape index (κ2) is 5.35. The summed E-state index contributed by atoms with van der Waals surface area (Å²) in [5.74, 6) is 1.12. The molecule has 1 aliphatic rings. The second-order valence-electron chi connectivity index (χ2n) is 6.46. The normalized spacial score (nSPS) is 22.9. The lowest BCUT2D eigenvalue weighted by Crippen LogP contribution is -2.33. The van der Waals surface area contributed by atoms with E-state index in [9.17, 15) is 9.90 Å². The number of ether oxygens (including phenoxy) is 1. The summed E-state index contributed by atoms with van der Waals surface area (Å²) in [5.41, 5.74) is 1.13. The molecule has 1 aromatic rings. The van der Waals surface area contributed by atoms with Gasteiger partial charge in [0.2, 0.25) is 0 Å². The molecule has 0 aromatic heterocycles. The number of amides is 1. The third kappa shape index (κ3) is 2.74. The Morgan fingerprint density at radius 3 is 2.35 bits per heavy atom. The van der Waals surface area contributed by atoms with Gasteiger partial charge in [-0.15, -0.1) is 0 Å². The van der Waals surface area contributed by atoms with Crippen molar-refractivity contribution >= 4 is 6.09 Å². The molecular weight excluding hydrogens is 254 g/mol. The highest BCUT2D eigenvalue weighted by atomic mass is 16.5. The fourth-order valence-electron chi connectivity index (χ4n) is 3.13. The molecule has 0 bridgehead atoms. The number of nitrogens with zero attached hydrogens (tertiary/aromatic N) is 1. The molecule has 1 fully saturated rings. The van der Waals surface area contributed by atoms with E-state index in [1.165, 1.54) is 0 Å². The Bertz CT molecular complexity index is 475. The van der Waals surface area contributed by atoms with Gasteiger partial charge in [0.05, 0.1) is 13.2 Å². The molecule has 2 unspecified atom stereocenters. The van der Waals surface area contributed by atoms with Gasteiger partial charge in [-0.1, -0.05) is 32.9 Å². The molecule has 4 nitrogen and oxygen atoms in total. The van der Waals surface area contributed by atoms with E-state index < -0.39 is 6.09 Å². The number of hydrogen-bond donors (Lipinski definition) is 1. The molecule has 1 aromatic carbocycles. The van der Waals surface area contributed by atoms with Crippen molar-refractivity contribution in [3.63, 3.8) is 0 Å². The average molecular weight is 277 g/mol. The zero-order valence-electron chi connectivity index (χ0n) is 12.6. The number of carbonyl (C=O) groups is 1. The van der Waals surface area contributed by atoms with Crippen molar-refractivity contribution in [2.24, 2.45) is 11.3 Å². The highest BCUT2D eigenvalue weighted by Crippen LogP contribution is 2.46. The van der Waals surface area contributed by atoms with Gasteiger partial charge in [0.1, 0.15) is 5.75 Å². The van der Waals surface area contributed by atoms with Crippen LogP contribution < -0.4 is 4.74 Å². The van der Waals surface area contributed by atoms with Gasteiger partial charge in [-0.05, 0) is 35.4 Å². The third-order valence-electron chi connectivity index (χ3n) is 4.21. The second-order valence-corrected chi connectivity index (χ2v) is 6.46. The summed E-state index contributed by atoms with van der Waals surface area (Å²) in [6, 6.07) is 7.67. The van der Waals surface area contributed by atoms with Gasteiger partial charge < -0.3 is 14.7 Å². The maximum atomic E-state index is 11.5. The molecular formula is C16H23NO3. The first-order valence-electron chi connectivity index (χ1n) is 6.98. The summed E-state index contributed by atoms with van der Waals surface area (Å²) in [6.45, 7) is 7.15. The molecule has 2 rings (SSSR count). The first-order valence-corrected chi connectivity index (χ1v) is 6.98. The zero-order chi connectivity index (χ0) is 14.9. The number of hydrogen-bond acceptors (Lipinski definition) is 2. The van der Waals surface area contributed by atoms with Crippen LogP contribution in [0.2, 0.25) is 0 Å². The van der Waals surface area contributed by atoms with Gasteiger partial charge in [-0.2, -0.15) is 0 Å².